The van der Waals surface area contributed by atoms with Gasteiger partial charge in [-0.15, -0.1) is 0 Å². The molecule has 146 valence electrons. The number of rotatable bonds is 6. The van der Waals surface area contributed by atoms with E-state index in [1.54, 1.807) is 16.9 Å². The van der Waals surface area contributed by atoms with Crippen LogP contribution in [0.4, 0.5) is 0 Å². The third-order valence-electron chi connectivity index (χ3n) is 5.04. The van der Waals surface area contributed by atoms with Crippen molar-refractivity contribution in [3.8, 4) is 11.4 Å². The van der Waals surface area contributed by atoms with E-state index in [9.17, 15) is 4.79 Å². The first-order valence-electron chi connectivity index (χ1n) is 9.83. The van der Waals surface area contributed by atoms with E-state index in [2.05, 4.69) is 46.5 Å². The molecule has 0 unspecified atom stereocenters. The van der Waals surface area contributed by atoms with Crippen molar-refractivity contribution >= 4 is 5.91 Å². The summed E-state index contributed by atoms with van der Waals surface area (Å²) in [6.07, 6.45) is 4.20. The molecule has 3 aromatic rings. The number of carbonyl (C=O) groups excluding carboxylic acids is 1. The molecule has 2 aromatic heterocycles. The van der Waals surface area contributed by atoms with Crippen LogP contribution in [0.3, 0.4) is 0 Å². The Bertz CT molecular complexity index is 988. The van der Waals surface area contributed by atoms with Gasteiger partial charge in [0.15, 0.2) is 0 Å². The minimum Gasteiger partial charge on any atom is -0.344 e. The van der Waals surface area contributed by atoms with Crippen LogP contribution in [0.2, 0.25) is 0 Å². The second-order valence-corrected chi connectivity index (χ2v) is 7.64. The maximum absolute atomic E-state index is 12.8. The van der Waals surface area contributed by atoms with E-state index >= 15 is 0 Å². The van der Waals surface area contributed by atoms with E-state index in [-0.39, 0.29) is 11.9 Å². The highest BCUT2D eigenvalue weighted by Gasteiger charge is 2.26. The van der Waals surface area contributed by atoms with Gasteiger partial charge in [-0.25, -0.2) is 0 Å². The normalized spacial score (nSPS) is 15.8. The minimum absolute atomic E-state index is 0.00965. The minimum atomic E-state index is -0.0779. The molecule has 7 heteroatoms. The van der Waals surface area contributed by atoms with Gasteiger partial charge in [0.2, 0.25) is 11.7 Å². The third kappa shape index (κ3) is 3.56. The molecule has 28 heavy (non-hydrogen) atoms. The number of aryl methyl sites for hydroxylation is 2. The summed E-state index contributed by atoms with van der Waals surface area (Å²) < 4.78 is 6.99. The molecule has 1 aliphatic carbocycles. The average Bonchev–Trinajstić information content (AvgIpc) is 3.40. The van der Waals surface area contributed by atoms with Gasteiger partial charge in [0.25, 0.3) is 5.91 Å². The summed E-state index contributed by atoms with van der Waals surface area (Å²) in [5.41, 5.74) is 3.94. The van der Waals surface area contributed by atoms with E-state index in [0.717, 1.165) is 36.9 Å². The van der Waals surface area contributed by atoms with Gasteiger partial charge in [-0.05, 0) is 42.0 Å². The van der Waals surface area contributed by atoms with Crippen LogP contribution in [0.25, 0.3) is 11.4 Å². The van der Waals surface area contributed by atoms with Gasteiger partial charge in [0.05, 0.1) is 6.04 Å². The van der Waals surface area contributed by atoms with E-state index in [4.69, 9.17) is 4.52 Å². The molecule has 4 rings (SSSR count). The fourth-order valence-corrected chi connectivity index (χ4v) is 3.67. The summed E-state index contributed by atoms with van der Waals surface area (Å²) in [5.74, 6) is 1.60. The van der Waals surface area contributed by atoms with E-state index < -0.39 is 0 Å². The van der Waals surface area contributed by atoms with Crippen molar-refractivity contribution in [3.63, 3.8) is 0 Å². The molecule has 1 aliphatic rings. The Morgan fingerprint density at radius 1 is 1.36 bits per heavy atom. The molecule has 2 heterocycles. The number of nitrogens with zero attached hydrogens (tertiary/aromatic N) is 4. The highest BCUT2D eigenvalue weighted by atomic mass is 16.5. The fraction of sp³-hybridized carbons (Fsp3) is 0.429. The van der Waals surface area contributed by atoms with Crippen LogP contribution in [0.15, 0.2) is 35.0 Å². The summed E-state index contributed by atoms with van der Waals surface area (Å²) in [6.45, 7) is 6.94. The lowest BCUT2D eigenvalue weighted by molar-refractivity contribution is 0.0924. The first-order valence-corrected chi connectivity index (χ1v) is 9.83. The van der Waals surface area contributed by atoms with Crippen LogP contribution >= 0.6 is 0 Å². The average molecular weight is 379 g/mol. The number of aromatic nitrogens is 4. The zero-order valence-electron chi connectivity index (χ0n) is 16.5. The standard InChI is InChI=1S/C21H25N5O2/c1-4-19-24-20(25-28-19)15-5-7-16-14(11-15)6-8-17(16)23-21(27)18-9-10-22-26(18)12-13(2)3/h5,7,9-11,13,17H,4,6,8,12H2,1-3H3,(H,23,27)/t17-/m1/s1. The molecule has 1 atom stereocenters. The van der Waals surface area contributed by atoms with Crippen LogP contribution in [0.1, 0.15) is 60.7 Å². The van der Waals surface area contributed by atoms with Gasteiger partial charge in [-0.3, -0.25) is 9.48 Å². The fourth-order valence-electron chi connectivity index (χ4n) is 3.67. The molecule has 0 fully saturated rings. The van der Waals surface area contributed by atoms with E-state index in [1.165, 1.54) is 5.56 Å². The first kappa shape index (κ1) is 18.4. The van der Waals surface area contributed by atoms with Gasteiger partial charge in [-0.2, -0.15) is 10.1 Å². The SMILES string of the molecule is CCc1nc(-c2ccc3c(c2)CC[C@H]3NC(=O)c2ccnn2CC(C)C)no1. The monoisotopic (exact) mass is 379 g/mol. The summed E-state index contributed by atoms with van der Waals surface area (Å²) in [4.78, 5) is 17.2. The number of fused-ring (bicyclic) bond motifs is 1. The molecule has 1 aromatic carbocycles. The van der Waals surface area contributed by atoms with E-state index in [0.29, 0.717) is 23.3 Å². The zero-order chi connectivity index (χ0) is 19.7. The highest BCUT2D eigenvalue weighted by Crippen LogP contribution is 2.34. The van der Waals surface area contributed by atoms with Crippen LogP contribution in [-0.4, -0.2) is 25.8 Å². The zero-order valence-corrected chi connectivity index (χ0v) is 16.5. The number of nitrogens with one attached hydrogen (secondary N) is 1. The largest absolute Gasteiger partial charge is 0.344 e. The Balaban J connectivity index is 1.51. The molecule has 0 aliphatic heterocycles. The number of amides is 1. The van der Waals surface area contributed by atoms with Crippen molar-refractivity contribution in [2.45, 2.75) is 52.6 Å². The molecule has 1 N–H and O–H groups in total. The Kier molecular flexibility index (Phi) is 4.98. The Hall–Kier alpha value is -2.96. The van der Waals surface area contributed by atoms with Crippen molar-refractivity contribution in [2.75, 3.05) is 0 Å². The van der Waals surface area contributed by atoms with Crippen LogP contribution in [0.5, 0.6) is 0 Å². The quantitative estimate of drug-likeness (QED) is 0.708. The summed E-state index contributed by atoms with van der Waals surface area (Å²) in [7, 11) is 0. The van der Waals surface area contributed by atoms with Crippen LogP contribution in [0, 0.1) is 5.92 Å². The number of hydrogen-bond donors (Lipinski definition) is 1. The van der Waals surface area contributed by atoms with Crippen molar-refractivity contribution < 1.29 is 9.32 Å². The Morgan fingerprint density at radius 3 is 2.96 bits per heavy atom. The van der Waals surface area contributed by atoms with Crippen LogP contribution in [-0.2, 0) is 19.4 Å². The smallest absolute Gasteiger partial charge is 0.270 e. The maximum atomic E-state index is 12.8. The summed E-state index contributed by atoms with van der Waals surface area (Å²) in [6, 6.07) is 7.95. The van der Waals surface area contributed by atoms with Gasteiger partial charge in [0.1, 0.15) is 5.69 Å². The third-order valence-corrected chi connectivity index (χ3v) is 5.04. The van der Waals surface area contributed by atoms with Gasteiger partial charge in [0, 0.05) is 24.7 Å². The lowest BCUT2D eigenvalue weighted by Gasteiger charge is -2.16. The van der Waals surface area contributed by atoms with E-state index in [1.807, 2.05) is 13.0 Å². The maximum Gasteiger partial charge on any atom is 0.270 e. The summed E-state index contributed by atoms with van der Waals surface area (Å²) in [5, 5.41) is 11.5. The second kappa shape index (κ2) is 7.58. The van der Waals surface area contributed by atoms with Crippen molar-refractivity contribution in [1.29, 1.82) is 0 Å². The summed E-state index contributed by atoms with van der Waals surface area (Å²) >= 11 is 0. The first-order chi connectivity index (χ1) is 13.5. The second-order valence-electron chi connectivity index (χ2n) is 7.64. The van der Waals surface area contributed by atoms with Crippen molar-refractivity contribution in [3.05, 3.63) is 53.2 Å². The van der Waals surface area contributed by atoms with Gasteiger partial charge in [-0.1, -0.05) is 38.1 Å². The lowest BCUT2D eigenvalue weighted by Crippen LogP contribution is -2.29. The topological polar surface area (TPSA) is 85.8 Å². The molecule has 7 nitrogen and oxygen atoms in total. The van der Waals surface area contributed by atoms with Crippen molar-refractivity contribution in [1.82, 2.24) is 25.2 Å². The van der Waals surface area contributed by atoms with Crippen molar-refractivity contribution in [2.24, 2.45) is 5.92 Å². The van der Waals surface area contributed by atoms with Crippen LogP contribution < -0.4 is 5.32 Å². The number of carbonyl (C=O) groups is 1. The molecule has 0 bridgehead atoms. The van der Waals surface area contributed by atoms with Gasteiger partial charge < -0.3 is 9.84 Å². The molecular formula is C21H25N5O2. The Morgan fingerprint density at radius 2 is 2.21 bits per heavy atom. The molecule has 0 saturated carbocycles. The molecule has 0 saturated heterocycles. The number of benzene rings is 1. The molecule has 0 radical (unpaired) electrons. The predicted octanol–water partition coefficient (Wildman–Crippen LogP) is 3.57. The molecule has 0 spiro atoms. The molecular weight excluding hydrogens is 354 g/mol. The predicted molar refractivity (Wildman–Crippen MR) is 105 cm³/mol. The Labute approximate surface area is 164 Å². The lowest BCUT2D eigenvalue weighted by atomic mass is 10.0. The highest BCUT2D eigenvalue weighted by molar-refractivity contribution is 5.92. The van der Waals surface area contributed by atoms with Gasteiger partial charge >= 0.3 is 0 Å². The number of hydrogen-bond acceptors (Lipinski definition) is 5. The molecule has 1 amide bonds.